The predicted molar refractivity (Wildman–Crippen MR) is 91.4 cm³/mol. The molecule has 2 aromatic heterocycles. The molecule has 2 N–H and O–H groups in total. The maximum atomic E-state index is 12.8. The molecule has 7 heteroatoms. The molecular formula is C17H26N6O. The highest BCUT2D eigenvalue weighted by molar-refractivity contribution is 5.75. The number of aromatic amines is 1. The van der Waals surface area contributed by atoms with E-state index in [0.717, 1.165) is 49.3 Å². The van der Waals surface area contributed by atoms with E-state index in [0.29, 0.717) is 6.54 Å². The highest BCUT2D eigenvalue weighted by Gasteiger charge is 2.30. The summed E-state index contributed by atoms with van der Waals surface area (Å²) in [5.74, 6) is 0. The van der Waals surface area contributed by atoms with Crippen LogP contribution in [-0.2, 0) is 13.6 Å². The number of nitrogens with one attached hydrogen (secondary N) is 2. The third kappa shape index (κ3) is 3.29. The molecule has 130 valence electrons. The smallest absolute Gasteiger partial charge is 0.318 e. The van der Waals surface area contributed by atoms with Crippen LogP contribution in [0.25, 0.3) is 0 Å². The van der Waals surface area contributed by atoms with Gasteiger partial charge in [0.15, 0.2) is 0 Å². The average Bonchev–Trinajstić information content (AvgIpc) is 3.02. The summed E-state index contributed by atoms with van der Waals surface area (Å²) in [5, 5.41) is 14.6. The van der Waals surface area contributed by atoms with E-state index in [1.54, 1.807) is 10.9 Å². The Morgan fingerprint density at radius 2 is 2.21 bits per heavy atom. The van der Waals surface area contributed by atoms with E-state index in [-0.39, 0.29) is 12.1 Å². The topological polar surface area (TPSA) is 78.8 Å². The third-order valence-corrected chi connectivity index (χ3v) is 4.88. The lowest BCUT2D eigenvalue weighted by molar-refractivity contribution is 0.174. The summed E-state index contributed by atoms with van der Waals surface area (Å²) in [4.78, 5) is 14.8. The Labute approximate surface area is 142 Å². The van der Waals surface area contributed by atoms with Gasteiger partial charge in [0.1, 0.15) is 0 Å². The Balaban J connectivity index is 1.77. The van der Waals surface area contributed by atoms with Gasteiger partial charge in [-0.3, -0.25) is 9.78 Å². The van der Waals surface area contributed by atoms with Crippen LogP contribution in [0.5, 0.6) is 0 Å². The van der Waals surface area contributed by atoms with Crippen LogP contribution in [0.2, 0.25) is 0 Å². The molecule has 0 aliphatic carbocycles. The minimum Gasteiger partial charge on any atom is -0.332 e. The van der Waals surface area contributed by atoms with Crippen LogP contribution in [0.3, 0.4) is 0 Å². The van der Waals surface area contributed by atoms with Crippen molar-refractivity contribution in [1.82, 2.24) is 30.2 Å². The van der Waals surface area contributed by atoms with Crippen molar-refractivity contribution in [3.63, 3.8) is 0 Å². The molecule has 7 nitrogen and oxygen atoms in total. The molecule has 24 heavy (non-hydrogen) atoms. The average molecular weight is 330 g/mol. The standard InChI is InChI=1S/C17H26N6O/c1-12-16(13(2)21-20-12)15-7-5-4-6-10-23(15)17(24)18-11-14-8-9-19-22(14)3/h8-9,15H,4-7,10-11H2,1-3H3,(H,18,24)(H,20,21)/t15-/m0/s1. The van der Waals surface area contributed by atoms with Gasteiger partial charge in [0.25, 0.3) is 0 Å². The number of hydrogen-bond donors (Lipinski definition) is 2. The van der Waals surface area contributed by atoms with Crippen LogP contribution in [-0.4, -0.2) is 37.5 Å². The number of hydrogen-bond acceptors (Lipinski definition) is 3. The number of aryl methyl sites for hydroxylation is 3. The lowest BCUT2D eigenvalue weighted by Gasteiger charge is -2.30. The summed E-state index contributed by atoms with van der Waals surface area (Å²) in [6.07, 6.45) is 6.08. The summed E-state index contributed by atoms with van der Waals surface area (Å²) in [5.41, 5.74) is 4.21. The quantitative estimate of drug-likeness (QED) is 0.908. The highest BCUT2D eigenvalue weighted by atomic mass is 16.2. The predicted octanol–water partition coefficient (Wildman–Crippen LogP) is 2.59. The molecule has 1 aliphatic heterocycles. The van der Waals surface area contributed by atoms with Gasteiger partial charge in [-0.15, -0.1) is 0 Å². The second-order valence-electron chi connectivity index (χ2n) is 6.51. The van der Waals surface area contributed by atoms with Crippen molar-refractivity contribution in [2.24, 2.45) is 7.05 Å². The van der Waals surface area contributed by atoms with Gasteiger partial charge >= 0.3 is 6.03 Å². The van der Waals surface area contributed by atoms with E-state index in [2.05, 4.69) is 20.6 Å². The number of H-pyrrole nitrogens is 1. The zero-order valence-corrected chi connectivity index (χ0v) is 14.7. The Morgan fingerprint density at radius 1 is 1.38 bits per heavy atom. The second-order valence-corrected chi connectivity index (χ2v) is 6.51. The minimum atomic E-state index is -0.0110. The summed E-state index contributed by atoms with van der Waals surface area (Å²) in [6, 6.07) is 2.01. The summed E-state index contributed by atoms with van der Waals surface area (Å²) in [6.45, 7) is 5.31. The van der Waals surface area contributed by atoms with Gasteiger partial charge in [0.2, 0.25) is 0 Å². The molecule has 2 amide bonds. The normalized spacial score (nSPS) is 18.5. The SMILES string of the molecule is Cc1n[nH]c(C)c1[C@@H]1CCCCCN1C(=O)NCc1ccnn1C. The molecule has 3 rings (SSSR count). The van der Waals surface area contributed by atoms with Gasteiger partial charge in [-0.05, 0) is 32.8 Å². The van der Waals surface area contributed by atoms with Crippen LogP contribution in [0.15, 0.2) is 12.3 Å². The van der Waals surface area contributed by atoms with Crippen LogP contribution >= 0.6 is 0 Å². The van der Waals surface area contributed by atoms with Gasteiger partial charge in [0.05, 0.1) is 24.0 Å². The first-order valence-corrected chi connectivity index (χ1v) is 8.60. The minimum absolute atomic E-state index is 0.0110. The number of rotatable bonds is 3. The maximum absolute atomic E-state index is 12.8. The van der Waals surface area contributed by atoms with Crippen molar-refractivity contribution in [2.75, 3.05) is 6.54 Å². The number of urea groups is 1. The van der Waals surface area contributed by atoms with Gasteiger partial charge < -0.3 is 10.2 Å². The molecule has 0 spiro atoms. The number of aromatic nitrogens is 4. The molecule has 0 saturated carbocycles. The van der Waals surface area contributed by atoms with Gasteiger partial charge in [0, 0.05) is 31.0 Å². The molecular weight excluding hydrogens is 304 g/mol. The summed E-state index contributed by atoms with van der Waals surface area (Å²) in [7, 11) is 1.88. The fourth-order valence-electron chi connectivity index (χ4n) is 3.54. The number of likely N-dealkylation sites (tertiary alicyclic amines) is 1. The van der Waals surface area contributed by atoms with E-state index in [9.17, 15) is 4.79 Å². The lowest BCUT2D eigenvalue weighted by Crippen LogP contribution is -2.42. The van der Waals surface area contributed by atoms with Crippen molar-refractivity contribution in [3.05, 3.63) is 34.9 Å². The third-order valence-electron chi connectivity index (χ3n) is 4.88. The molecule has 1 atom stereocenters. The lowest BCUT2D eigenvalue weighted by atomic mass is 9.99. The summed E-state index contributed by atoms with van der Waals surface area (Å²) >= 11 is 0. The van der Waals surface area contributed by atoms with Crippen molar-refractivity contribution in [2.45, 2.75) is 52.1 Å². The Bertz CT molecular complexity index is 684. The van der Waals surface area contributed by atoms with E-state index in [4.69, 9.17) is 0 Å². The molecule has 1 saturated heterocycles. The van der Waals surface area contributed by atoms with Crippen molar-refractivity contribution in [1.29, 1.82) is 0 Å². The van der Waals surface area contributed by atoms with Gasteiger partial charge in [-0.1, -0.05) is 12.8 Å². The largest absolute Gasteiger partial charge is 0.332 e. The van der Waals surface area contributed by atoms with Crippen molar-refractivity contribution < 1.29 is 4.79 Å². The molecule has 3 heterocycles. The monoisotopic (exact) mass is 330 g/mol. The molecule has 2 aromatic rings. The van der Waals surface area contributed by atoms with Crippen LogP contribution in [0, 0.1) is 13.8 Å². The van der Waals surface area contributed by atoms with E-state index in [1.807, 2.05) is 31.9 Å². The maximum Gasteiger partial charge on any atom is 0.318 e. The first-order valence-electron chi connectivity index (χ1n) is 8.60. The summed E-state index contributed by atoms with van der Waals surface area (Å²) < 4.78 is 1.78. The number of carbonyl (C=O) groups is 1. The van der Waals surface area contributed by atoms with Crippen LogP contribution < -0.4 is 5.32 Å². The molecule has 1 fully saturated rings. The van der Waals surface area contributed by atoms with E-state index in [1.165, 1.54) is 5.56 Å². The van der Waals surface area contributed by atoms with Gasteiger partial charge in [-0.2, -0.15) is 10.2 Å². The van der Waals surface area contributed by atoms with Crippen molar-refractivity contribution >= 4 is 6.03 Å². The van der Waals surface area contributed by atoms with Crippen LogP contribution in [0.4, 0.5) is 4.79 Å². The molecule has 0 unspecified atom stereocenters. The first kappa shape index (κ1) is 16.5. The second kappa shape index (κ2) is 7.07. The Hall–Kier alpha value is -2.31. The number of carbonyl (C=O) groups excluding carboxylic acids is 1. The molecule has 0 bridgehead atoms. The zero-order chi connectivity index (χ0) is 17.1. The number of amides is 2. The van der Waals surface area contributed by atoms with Crippen molar-refractivity contribution in [3.8, 4) is 0 Å². The Morgan fingerprint density at radius 3 is 2.88 bits per heavy atom. The molecule has 1 aliphatic rings. The van der Waals surface area contributed by atoms with E-state index < -0.39 is 0 Å². The fraction of sp³-hybridized carbons (Fsp3) is 0.588. The molecule has 0 radical (unpaired) electrons. The van der Waals surface area contributed by atoms with E-state index >= 15 is 0 Å². The zero-order valence-electron chi connectivity index (χ0n) is 14.7. The highest BCUT2D eigenvalue weighted by Crippen LogP contribution is 2.33. The van der Waals surface area contributed by atoms with Gasteiger partial charge in [-0.25, -0.2) is 4.79 Å². The Kier molecular flexibility index (Phi) is 4.87. The first-order chi connectivity index (χ1) is 11.6. The number of nitrogens with zero attached hydrogens (tertiary/aromatic N) is 4. The van der Waals surface area contributed by atoms with Crippen LogP contribution in [0.1, 0.15) is 54.4 Å². The molecule has 0 aromatic carbocycles. The fourth-order valence-corrected chi connectivity index (χ4v) is 3.54.